The number of aromatic nitrogens is 1. The molecule has 1 N–H and O–H groups in total. The van der Waals surface area contributed by atoms with Crippen molar-refractivity contribution in [3.8, 4) is 5.88 Å². The zero-order chi connectivity index (χ0) is 24.0. The lowest BCUT2D eigenvalue weighted by Gasteiger charge is -2.38. The number of hydrogen-bond donors (Lipinski definition) is 1. The van der Waals surface area contributed by atoms with Crippen molar-refractivity contribution in [2.45, 2.75) is 43.8 Å². The summed E-state index contributed by atoms with van der Waals surface area (Å²) in [4.78, 5) is 39.0. The van der Waals surface area contributed by atoms with Crippen molar-refractivity contribution in [3.05, 3.63) is 53.7 Å². The number of benzene rings is 1. The zero-order valence-electron chi connectivity index (χ0n) is 20.3. The molecule has 1 aromatic carbocycles. The van der Waals surface area contributed by atoms with Crippen molar-refractivity contribution in [1.82, 2.24) is 20.1 Å². The number of carbonyl (C=O) groups excluding carboxylic acids is 2. The number of anilines is 1. The van der Waals surface area contributed by atoms with Gasteiger partial charge in [0.05, 0.1) is 13.0 Å². The lowest BCUT2D eigenvalue weighted by atomic mass is 9.78. The van der Waals surface area contributed by atoms with Crippen LogP contribution in [0, 0.1) is 5.92 Å². The van der Waals surface area contributed by atoms with Crippen molar-refractivity contribution >= 4 is 17.5 Å². The Morgan fingerprint density at radius 3 is 2.86 bits per heavy atom. The predicted octanol–water partition coefficient (Wildman–Crippen LogP) is 2.14. The first kappa shape index (κ1) is 22.5. The van der Waals surface area contributed by atoms with E-state index in [4.69, 9.17) is 4.74 Å². The van der Waals surface area contributed by atoms with Crippen LogP contribution in [0.15, 0.2) is 42.6 Å². The van der Waals surface area contributed by atoms with Gasteiger partial charge in [0.1, 0.15) is 5.54 Å². The van der Waals surface area contributed by atoms with Gasteiger partial charge in [0.25, 0.3) is 5.91 Å². The minimum Gasteiger partial charge on any atom is -0.481 e. The molecule has 2 aromatic rings. The molecule has 0 radical (unpaired) electrons. The molecule has 0 aliphatic carbocycles. The Balaban J connectivity index is 1.37. The largest absolute Gasteiger partial charge is 0.481 e. The highest BCUT2D eigenvalue weighted by Gasteiger charge is 2.67. The van der Waals surface area contributed by atoms with Crippen LogP contribution in [0.2, 0.25) is 0 Å². The molecule has 1 spiro atoms. The van der Waals surface area contributed by atoms with Crippen molar-refractivity contribution in [1.29, 1.82) is 0 Å². The van der Waals surface area contributed by atoms with Gasteiger partial charge in [-0.1, -0.05) is 24.3 Å². The average Bonchev–Trinajstić information content (AvgIpc) is 3.53. The van der Waals surface area contributed by atoms with Gasteiger partial charge < -0.3 is 15.0 Å². The number of ether oxygens (including phenoxy) is 1. The van der Waals surface area contributed by atoms with Crippen LogP contribution in [0.1, 0.15) is 36.8 Å². The van der Waals surface area contributed by atoms with Crippen molar-refractivity contribution < 1.29 is 14.3 Å². The molecule has 2 amide bonds. The monoisotopic (exact) mass is 475 g/mol. The van der Waals surface area contributed by atoms with E-state index in [2.05, 4.69) is 32.2 Å². The van der Waals surface area contributed by atoms with Crippen LogP contribution in [-0.2, 0) is 21.7 Å². The molecular weight excluding hydrogens is 442 g/mol. The molecule has 0 saturated carbocycles. The summed E-state index contributed by atoms with van der Waals surface area (Å²) < 4.78 is 5.47. The molecule has 2 bridgehead atoms. The SMILES string of the molecule is COc1ncccc1CN1CCCNC(=O)[C@H]2C[C@@H]3CCCN3[C@@]23C(=O)N(CC1)c1ccccc13. The number of methoxy groups -OCH3 is 1. The number of pyridine rings is 1. The normalized spacial score (nSPS) is 29.1. The first-order valence-corrected chi connectivity index (χ1v) is 12.8. The Labute approximate surface area is 206 Å². The van der Waals surface area contributed by atoms with Gasteiger partial charge in [-0.15, -0.1) is 0 Å². The Bertz CT molecular complexity index is 1140. The summed E-state index contributed by atoms with van der Waals surface area (Å²) in [7, 11) is 1.64. The summed E-state index contributed by atoms with van der Waals surface area (Å²) in [6.07, 6.45) is 5.48. The minimum absolute atomic E-state index is 0.0189. The fourth-order valence-corrected chi connectivity index (χ4v) is 6.90. The summed E-state index contributed by atoms with van der Waals surface area (Å²) in [5.41, 5.74) is 2.11. The van der Waals surface area contributed by atoms with Crippen LogP contribution in [0.5, 0.6) is 5.88 Å². The van der Waals surface area contributed by atoms with Gasteiger partial charge in [-0.25, -0.2) is 4.98 Å². The molecule has 3 saturated heterocycles. The summed E-state index contributed by atoms with van der Waals surface area (Å²) in [6.45, 7) is 4.29. The summed E-state index contributed by atoms with van der Waals surface area (Å²) in [5, 5.41) is 3.20. The lowest BCUT2D eigenvalue weighted by Crippen LogP contribution is -2.57. The van der Waals surface area contributed by atoms with E-state index in [0.717, 1.165) is 62.1 Å². The molecule has 6 rings (SSSR count). The van der Waals surface area contributed by atoms with Crippen LogP contribution in [0.3, 0.4) is 0 Å². The first-order chi connectivity index (χ1) is 17.1. The highest BCUT2D eigenvalue weighted by molar-refractivity contribution is 6.10. The Hall–Kier alpha value is -2.97. The van der Waals surface area contributed by atoms with Gasteiger partial charge in [-0.05, 0) is 44.4 Å². The second-order valence-electron chi connectivity index (χ2n) is 10.1. The molecule has 35 heavy (non-hydrogen) atoms. The number of amides is 2. The molecule has 3 atom stereocenters. The number of carbonyl (C=O) groups is 2. The van der Waals surface area contributed by atoms with Gasteiger partial charge in [-0.2, -0.15) is 0 Å². The second kappa shape index (κ2) is 8.91. The quantitative estimate of drug-likeness (QED) is 0.733. The first-order valence-electron chi connectivity index (χ1n) is 12.8. The smallest absolute Gasteiger partial charge is 0.253 e. The second-order valence-corrected chi connectivity index (χ2v) is 10.1. The lowest BCUT2D eigenvalue weighted by molar-refractivity contribution is -0.139. The fourth-order valence-electron chi connectivity index (χ4n) is 6.90. The molecule has 8 heteroatoms. The van der Waals surface area contributed by atoms with Crippen LogP contribution >= 0.6 is 0 Å². The van der Waals surface area contributed by atoms with Gasteiger partial charge in [0, 0.05) is 61.8 Å². The predicted molar refractivity (Wildman–Crippen MR) is 132 cm³/mol. The third kappa shape index (κ3) is 3.45. The third-order valence-electron chi connectivity index (χ3n) is 8.36. The summed E-state index contributed by atoms with van der Waals surface area (Å²) in [5.74, 6) is 0.372. The fraction of sp³-hybridized carbons (Fsp3) is 0.519. The van der Waals surface area contributed by atoms with E-state index in [1.54, 1.807) is 13.3 Å². The highest BCUT2D eigenvalue weighted by atomic mass is 16.5. The summed E-state index contributed by atoms with van der Waals surface area (Å²) in [6, 6.07) is 12.4. The van der Waals surface area contributed by atoms with E-state index in [0.29, 0.717) is 31.6 Å². The molecule has 0 unspecified atom stereocenters. The molecule has 1 aromatic heterocycles. The van der Waals surface area contributed by atoms with Gasteiger partial charge in [0.15, 0.2) is 0 Å². The molecule has 5 heterocycles. The minimum atomic E-state index is -0.877. The maximum Gasteiger partial charge on any atom is 0.253 e. The number of fused-ring (bicyclic) bond motifs is 4. The van der Waals surface area contributed by atoms with E-state index in [-0.39, 0.29) is 17.7 Å². The molecule has 8 nitrogen and oxygen atoms in total. The van der Waals surface area contributed by atoms with Crippen LogP contribution in [0.4, 0.5) is 5.69 Å². The molecule has 4 aliphatic rings. The number of nitrogens with one attached hydrogen (secondary N) is 1. The molecule has 184 valence electrons. The standard InChI is InChI=1S/C27H33N5O3/c1-35-25-19(7-4-11-29-25)18-30-13-6-12-28-24(33)22-17-20-8-5-14-32(20)27(22)21-9-2-3-10-23(21)31(16-15-30)26(27)34/h2-4,7,9-11,20,22H,5-6,8,12-18H2,1H3,(H,28,33)/t20-,22+,27+/m0/s1. The maximum atomic E-state index is 14.4. The maximum absolute atomic E-state index is 14.4. The van der Waals surface area contributed by atoms with Gasteiger partial charge in [-0.3, -0.25) is 19.4 Å². The van der Waals surface area contributed by atoms with Crippen LogP contribution in [-0.4, -0.2) is 72.5 Å². The summed E-state index contributed by atoms with van der Waals surface area (Å²) >= 11 is 0. The van der Waals surface area contributed by atoms with Crippen LogP contribution in [0.25, 0.3) is 0 Å². The van der Waals surface area contributed by atoms with Crippen molar-refractivity contribution in [3.63, 3.8) is 0 Å². The molecule has 3 fully saturated rings. The van der Waals surface area contributed by atoms with E-state index < -0.39 is 5.54 Å². The number of rotatable bonds is 3. The van der Waals surface area contributed by atoms with E-state index in [1.807, 2.05) is 29.2 Å². The topological polar surface area (TPSA) is 78.0 Å². The van der Waals surface area contributed by atoms with Gasteiger partial charge in [0.2, 0.25) is 11.8 Å². The molecule has 4 aliphatic heterocycles. The van der Waals surface area contributed by atoms with Crippen LogP contribution < -0.4 is 15.0 Å². The Morgan fingerprint density at radius 2 is 1.97 bits per heavy atom. The van der Waals surface area contributed by atoms with Gasteiger partial charge >= 0.3 is 0 Å². The zero-order valence-corrected chi connectivity index (χ0v) is 20.3. The van der Waals surface area contributed by atoms with Crippen molar-refractivity contribution in [2.24, 2.45) is 5.92 Å². The average molecular weight is 476 g/mol. The number of hydrogen-bond acceptors (Lipinski definition) is 6. The van der Waals surface area contributed by atoms with Crippen molar-refractivity contribution in [2.75, 3.05) is 44.7 Å². The van der Waals surface area contributed by atoms with E-state index >= 15 is 0 Å². The van der Waals surface area contributed by atoms with E-state index in [9.17, 15) is 9.59 Å². The number of para-hydroxylation sites is 1. The van der Waals surface area contributed by atoms with E-state index in [1.165, 1.54) is 0 Å². The third-order valence-corrected chi connectivity index (χ3v) is 8.36. The Morgan fingerprint density at radius 1 is 1.09 bits per heavy atom. The molecular formula is C27H33N5O3. The number of nitrogens with zero attached hydrogens (tertiary/aromatic N) is 4. The highest BCUT2D eigenvalue weighted by Crippen LogP contribution is 2.57. The Kier molecular flexibility index (Phi) is 5.73.